The first-order chi connectivity index (χ1) is 17.6. The van der Waals surface area contributed by atoms with Gasteiger partial charge in [-0.15, -0.1) is 0 Å². The quantitative estimate of drug-likeness (QED) is 0.380. The number of hydrogen-bond acceptors (Lipinski definition) is 5. The number of aromatic amines is 1. The number of hydrogen-bond donors (Lipinski definition) is 2. The van der Waals surface area contributed by atoms with E-state index < -0.39 is 0 Å². The van der Waals surface area contributed by atoms with Gasteiger partial charge in [-0.05, 0) is 48.2 Å². The van der Waals surface area contributed by atoms with Crippen molar-refractivity contribution >= 4 is 11.2 Å². The molecule has 0 saturated carbocycles. The van der Waals surface area contributed by atoms with E-state index in [4.69, 9.17) is 10.1 Å². The van der Waals surface area contributed by atoms with Gasteiger partial charge in [0.1, 0.15) is 5.52 Å². The summed E-state index contributed by atoms with van der Waals surface area (Å²) in [6.45, 7) is 6.77. The first-order valence-electron chi connectivity index (χ1n) is 12.5. The normalized spacial score (nSPS) is 15.8. The van der Waals surface area contributed by atoms with Crippen molar-refractivity contribution in [2.75, 3.05) is 13.1 Å². The molecule has 182 valence electrons. The van der Waals surface area contributed by atoms with Gasteiger partial charge < -0.3 is 10.3 Å². The van der Waals surface area contributed by atoms with Crippen molar-refractivity contribution < 1.29 is 0 Å². The summed E-state index contributed by atoms with van der Waals surface area (Å²) in [7, 11) is 0. The predicted octanol–water partition coefficient (Wildman–Crippen LogP) is 4.22. The molecule has 8 heteroatoms. The molecular formula is C28H29N7O. The number of nitrogens with zero attached hydrogens (tertiary/aromatic N) is 5. The molecule has 8 nitrogen and oxygen atoms in total. The van der Waals surface area contributed by atoms with Crippen LogP contribution in [-0.4, -0.2) is 42.4 Å². The molecule has 0 aliphatic carbocycles. The second kappa shape index (κ2) is 9.20. The Hall–Kier alpha value is -4.04. The fourth-order valence-electron chi connectivity index (χ4n) is 4.97. The van der Waals surface area contributed by atoms with Gasteiger partial charge in [0, 0.05) is 24.2 Å². The van der Waals surface area contributed by atoms with E-state index in [0.717, 1.165) is 42.0 Å². The maximum absolute atomic E-state index is 12.8. The van der Waals surface area contributed by atoms with E-state index in [0.29, 0.717) is 35.4 Å². The highest BCUT2D eigenvalue weighted by molar-refractivity contribution is 5.73. The molecule has 5 aromatic rings. The molecule has 1 fully saturated rings. The van der Waals surface area contributed by atoms with Crippen LogP contribution in [0.3, 0.4) is 0 Å². The minimum absolute atomic E-state index is 0.195. The largest absolute Gasteiger partial charge is 0.328 e. The van der Waals surface area contributed by atoms with Crippen molar-refractivity contribution in [1.29, 1.82) is 0 Å². The van der Waals surface area contributed by atoms with Crippen molar-refractivity contribution in [2.45, 2.75) is 38.6 Å². The molecule has 0 spiro atoms. The zero-order chi connectivity index (χ0) is 24.6. The van der Waals surface area contributed by atoms with Gasteiger partial charge in [-0.2, -0.15) is 5.10 Å². The topological polar surface area (TPSA) is 93.4 Å². The van der Waals surface area contributed by atoms with Crippen LogP contribution in [0.5, 0.6) is 0 Å². The maximum Gasteiger partial charge on any atom is 0.328 e. The lowest BCUT2D eigenvalue weighted by molar-refractivity contribution is 0.709. The van der Waals surface area contributed by atoms with E-state index in [-0.39, 0.29) is 5.69 Å². The third kappa shape index (κ3) is 4.13. The Morgan fingerprint density at radius 1 is 1.08 bits per heavy atom. The van der Waals surface area contributed by atoms with Crippen LogP contribution in [0.25, 0.3) is 28.2 Å². The van der Waals surface area contributed by atoms with E-state index in [9.17, 15) is 4.79 Å². The van der Waals surface area contributed by atoms with Gasteiger partial charge in [-0.25, -0.2) is 19.4 Å². The third-order valence-corrected chi connectivity index (χ3v) is 6.96. The monoisotopic (exact) mass is 479 g/mol. The summed E-state index contributed by atoms with van der Waals surface area (Å²) in [6.07, 6.45) is 4.84. The van der Waals surface area contributed by atoms with Gasteiger partial charge in [0.2, 0.25) is 0 Å². The molecule has 0 bridgehead atoms. The number of aromatic nitrogens is 6. The highest BCUT2D eigenvalue weighted by atomic mass is 16.1. The van der Waals surface area contributed by atoms with Crippen LogP contribution in [-0.2, 0) is 6.54 Å². The highest BCUT2D eigenvalue weighted by Gasteiger charge is 2.19. The number of rotatable bonds is 6. The molecule has 36 heavy (non-hydrogen) atoms. The summed E-state index contributed by atoms with van der Waals surface area (Å²) >= 11 is 0. The Morgan fingerprint density at radius 2 is 1.92 bits per heavy atom. The van der Waals surface area contributed by atoms with Gasteiger partial charge in [0.25, 0.3) is 0 Å². The third-order valence-electron chi connectivity index (χ3n) is 6.96. The zero-order valence-corrected chi connectivity index (χ0v) is 20.5. The predicted molar refractivity (Wildman–Crippen MR) is 141 cm³/mol. The average molecular weight is 480 g/mol. The molecular weight excluding hydrogens is 450 g/mol. The van der Waals surface area contributed by atoms with E-state index >= 15 is 0 Å². The second-order valence-electron chi connectivity index (χ2n) is 9.73. The Balaban J connectivity index is 1.29. The van der Waals surface area contributed by atoms with E-state index in [1.54, 1.807) is 10.8 Å². The molecule has 3 aromatic heterocycles. The second-order valence-corrected chi connectivity index (χ2v) is 9.73. The maximum atomic E-state index is 12.8. The lowest BCUT2D eigenvalue weighted by atomic mass is 9.97. The molecule has 2 N–H and O–H groups in total. The average Bonchev–Trinajstić information content (AvgIpc) is 3.65. The van der Waals surface area contributed by atoms with Gasteiger partial charge in [-0.1, -0.05) is 50.2 Å². The summed E-state index contributed by atoms with van der Waals surface area (Å²) in [5.41, 5.74) is 6.36. The summed E-state index contributed by atoms with van der Waals surface area (Å²) < 4.78 is 3.59. The highest BCUT2D eigenvalue weighted by Crippen LogP contribution is 2.27. The molecule has 1 saturated heterocycles. The van der Waals surface area contributed by atoms with Gasteiger partial charge in [0.15, 0.2) is 11.5 Å². The molecule has 0 radical (unpaired) electrons. The van der Waals surface area contributed by atoms with E-state index in [2.05, 4.69) is 41.3 Å². The van der Waals surface area contributed by atoms with Gasteiger partial charge in [0.05, 0.1) is 24.1 Å². The fourth-order valence-corrected chi connectivity index (χ4v) is 4.97. The number of imidazole rings is 1. The zero-order valence-electron chi connectivity index (χ0n) is 20.5. The lowest BCUT2D eigenvalue weighted by Crippen LogP contribution is -2.17. The first-order valence-corrected chi connectivity index (χ1v) is 12.5. The molecule has 0 amide bonds. The first kappa shape index (κ1) is 22.4. The van der Waals surface area contributed by atoms with Crippen molar-refractivity contribution in [3.05, 3.63) is 94.3 Å². The minimum atomic E-state index is -0.195. The van der Waals surface area contributed by atoms with Crippen LogP contribution in [0.15, 0.2) is 71.8 Å². The standard InChI is InChI=1S/C28H29N7O/c1-18(2)22-5-3-4-6-23(22)26-30-16-25-27(32-26)34(28(36)31-25)17-19-7-9-21(10-8-19)35-14-12-24(33-35)20-11-13-29-15-20/h3-10,12,14,16,18,20,29H,11,13,15,17H2,1-2H3,(H,31,36). The lowest BCUT2D eigenvalue weighted by Gasteiger charge is -2.11. The summed E-state index contributed by atoms with van der Waals surface area (Å²) in [6, 6.07) is 18.4. The molecule has 6 rings (SSSR count). The van der Waals surface area contributed by atoms with Gasteiger partial charge in [-0.3, -0.25) is 4.57 Å². The smallest absolute Gasteiger partial charge is 0.316 e. The minimum Gasteiger partial charge on any atom is -0.316 e. The van der Waals surface area contributed by atoms with Gasteiger partial charge >= 0.3 is 5.69 Å². The Bertz CT molecular complexity index is 1570. The van der Waals surface area contributed by atoms with Crippen LogP contribution in [0.4, 0.5) is 0 Å². The van der Waals surface area contributed by atoms with Crippen molar-refractivity contribution in [3.8, 4) is 17.1 Å². The van der Waals surface area contributed by atoms with Crippen LogP contribution in [0, 0.1) is 0 Å². The van der Waals surface area contributed by atoms with Crippen LogP contribution >= 0.6 is 0 Å². The Kier molecular flexibility index (Phi) is 5.73. The van der Waals surface area contributed by atoms with E-state index in [1.165, 1.54) is 5.56 Å². The molecule has 1 atom stereocenters. The van der Waals surface area contributed by atoms with Crippen molar-refractivity contribution in [1.82, 2.24) is 34.6 Å². The molecule has 1 aliphatic rings. The molecule has 1 unspecified atom stereocenters. The number of H-pyrrole nitrogens is 1. The molecule has 2 aromatic carbocycles. The summed E-state index contributed by atoms with van der Waals surface area (Å²) in [4.78, 5) is 25.1. The number of benzene rings is 2. The molecule has 4 heterocycles. The molecule has 1 aliphatic heterocycles. The number of fused-ring (bicyclic) bond motifs is 1. The Labute approximate surface area is 209 Å². The van der Waals surface area contributed by atoms with Crippen molar-refractivity contribution in [2.24, 2.45) is 0 Å². The Morgan fingerprint density at radius 3 is 2.69 bits per heavy atom. The van der Waals surface area contributed by atoms with E-state index in [1.807, 2.05) is 53.3 Å². The number of nitrogens with one attached hydrogen (secondary N) is 2. The SMILES string of the molecule is CC(C)c1ccccc1-c1ncc2[nH]c(=O)n(Cc3ccc(-n4ccc(C5CCNC5)n4)cc3)c2n1. The fraction of sp³-hybridized carbons (Fsp3) is 0.286. The summed E-state index contributed by atoms with van der Waals surface area (Å²) in [5.74, 6) is 1.45. The van der Waals surface area contributed by atoms with Crippen molar-refractivity contribution in [3.63, 3.8) is 0 Å². The van der Waals surface area contributed by atoms with Crippen LogP contribution in [0.2, 0.25) is 0 Å². The summed E-state index contributed by atoms with van der Waals surface area (Å²) in [5, 5.41) is 8.18. The van der Waals surface area contributed by atoms with Crippen LogP contribution in [0.1, 0.15) is 48.9 Å². The van der Waals surface area contributed by atoms with Crippen LogP contribution < -0.4 is 11.0 Å².